The van der Waals surface area contributed by atoms with Crippen LogP contribution in [0.3, 0.4) is 0 Å². The van der Waals surface area contributed by atoms with Crippen molar-refractivity contribution in [3.63, 3.8) is 0 Å². The van der Waals surface area contributed by atoms with E-state index in [1.807, 2.05) is 0 Å². The summed E-state index contributed by atoms with van der Waals surface area (Å²) in [6.07, 6.45) is -0.470. The number of hydrogen-bond acceptors (Lipinski definition) is 4. The number of para-hydroxylation sites is 1. The van der Waals surface area contributed by atoms with E-state index in [0.29, 0.717) is 18.7 Å². The van der Waals surface area contributed by atoms with Crippen LogP contribution in [0, 0.1) is 0 Å². The zero-order valence-electron chi connectivity index (χ0n) is 11.0. The van der Waals surface area contributed by atoms with Crippen LogP contribution in [0.2, 0.25) is 0 Å². The van der Waals surface area contributed by atoms with Crippen LogP contribution in [0.15, 0.2) is 24.3 Å². The summed E-state index contributed by atoms with van der Waals surface area (Å²) in [5, 5.41) is 18.4. The highest BCUT2D eigenvalue weighted by Gasteiger charge is 2.26. The molecule has 0 radical (unpaired) electrons. The highest BCUT2D eigenvalue weighted by Crippen LogP contribution is 2.18. The van der Waals surface area contributed by atoms with Crippen molar-refractivity contribution in [1.29, 1.82) is 0 Å². The Labute approximate surface area is 116 Å². The number of rotatable bonds is 4. The van der Waals surface area contributed by atoms with Gasteiger partial charge in [0.25, 0.3) is 0 Å². The molecule has 0 saturated carbocycles. The number of ether oxygens (including phenoxy) is 1. The number of phenols is 1. The van der Waals surface area contributed by atoms with Crippen LogP contribution in [0.4, 0.5) is 0 Å². The Kier molecular flexibility index (Phi) is 4.57. The summed E-state index contributed by atoms with van der Waals surface area (Å²) >= 11 is 0. The normalized spacial score (nSPS) is 18.8. The average molecular weight is 279 g/mol. The van der Waals surface area contributed by atoms with Gasteiger partial charge in [0, 0.05) is 18.7 Å². The molecule has 0 aromatic heterocycles. The minimum Gasteiger partial charge on any atom is -0.508 e. The van der Waals surface area contributed by atoms with Gasteiger partial charge in [-0.2, -0.15) is 0 Å². The monoisotopic (exact) mass is 279 g/mol. The van der Waals surface area contributed by atoms with E-state index in [1.165, 1.54) is 6.07 Å². The first-order valence-corrected chi connectivity index (χ1v) is 6.44. The lowest BCUT2D eigenvalue weighted by molar-refractivity contribution is -0.147. The van der Waals surface area contributed by atoms with Crippen LogP contribution < -0.4 is 0 Å². The summed E-state index contributed by atoms with van der Waals surface area (Å²) in [5.74, 6) is -0.980. The van der Waals surface area contributed by atoms with E-state index in [4.69, 9.17) is 9.84 Å². The summed E-state index contributed by atoms with van der Waals surface area (Å²) in [4.78, 5) is 24.4. The van der Waals surface area contributed by atoms with Gasteiger partial charge in [-0.1, -0.05) is 18.2 Å². The molecular formula is C14H17NO5. The average Bonchev–Trinajstić information content (AvgIpc) is 2.41. The van der Waals surface area contributed by atoms with Crippen molar-refractivity contribution < 1.29 is 24.5 Å². The lowest BCUT2D eigenvalue weighted by Gasteiger charge is -2.32. The first kappa shape index (κ1) is 14.3. The number of phenolic OH excluding ortho intramolecular Hbond substituents is 1. The Morgan fingerprint density at radius 2 is 2.10 bits per heavy atom. The van der Waals surface area contributed by atoms with Gasteiger partial charge in [0.1, 0.15) is 5.75 Å². The van der Waals surface area contributed by atoms with Crippen molar-refractivity contribution in [2.75, 3.05) is 19.7 Å². The highest BCUT2D eigenvalue weighted by atomic mass is 16.5. The Morgan fingerprint density at radius 3 is 2.80 bits per heavy atom. The van der Waals surface area contributed by atoms with Gasteiger partial charge in [0.2, 0.25) is 5.91 Å². The Bertz CT molecular complexity index is 502. The fourth-order valence-electron chi connectivity index (χ4n) is 2.20. The summed E-state index contributed by atoms with van der Waals surface area (Å²) in [6, 6.07) is 6.69. The van der Waals surface area contributed by atoms with Gasteiger partial charge in [-0.25, -0.2) is 0 Å². The van der Waals surface area contributed by atoms with E-state index in [9.17, 15) is 14.7 Å². The molecule has 1 unspecified atom stereocenters. The largest absolute Gasteiger partial charge is 0.508 e. The number of benzene rings is 1. The van der Waals surface area contributed by atoms with Crippen molar-refractivity contribution in [1.82, 2.24) is 4.90 Å². The van der Waals surface area contributed by atoms with Crippen LogP contribution in [-0.4, -0.2) is 52.8 Å². The first-order chi connectivity index (χ1) is 9.56. The zero-order valence-corrected chi connectivity index (χ0v) is 11.0. The summed E-state index contributed by atoms with van der Waals surface area (Å²) < 4.78 is 5.32. The van der Waals surface area contributed by atoms with Crippen molar-refractivity contribution in [3.8, 4) is 5.75 Å². The van der Waals surface area contributed by atoms with Crippen LogP contribution in [0.25, 0.3) is 0 Å². The van der Waals surface area contributed by atoms with Gasteiger partial charge >= 0.3 is 5.97 Å². The summed E-state index contributed by atoms with van der Waals surface area (Å²) in [7, 11) is 0. The summed E-state index contributed by atoms with van der Waals surface area (Å²) in [6.45, 7) is 1.06. The molecule has 2 N–H and O–H groups in total. The smallest absolute Gasteiger partial charge is 0.306 e. The minimum atomic E-state index is -0.940. The number of carboxylic acid groups (broad SMARTS) is 1. The van der Waals surface area contributed by atoms with Crippen LogP contribution >= 0.6 is 0 Å². The number of aliphatic carboxylic acids is 1. The van der Waals surface area contributed by atoms with Crippen molar-refractivity contribution in [3.05, 3.63) is 29.8 Å². The number of hydrogen-bond donors (Lipinski definition) is 2. The molecule has 1 aromatic rings. The van der Waals surface area contributed by atoms with Crippen LogP contribution in [0.5, 0.6) is 5.75 Å². The zero-order chi connectivity index (χ0) is 14.5. The van der Waals surface area contributed by atoms with E-state index >= 15 is 0 Å². The second-order valence-electron chi connectivity index (χ2n) is 4.74. The molecule has 0 bridgehead atoms. The molecule has 0 spiro atoms. The standard InChI is InChI=1S/C14H17NO5/c16-12-4-2-1-3-10(12)7-13(17)15-5-6-20-11(9-15)8-14(18)19/h1-4,11,16H,5-9H2,(H,18,19). The molecule has 1 atom stereocenters. The predicted molar refractivity (Wildman–Crippen MR) is 70.4 cm³/mol. The fourth-order valence-corrected chi connectivity index (χ4v) is 2.20. The third-order valence-corrected chi connectivity index (χ3v) is 3.23. The van der Waals surface area contributed by atoms with E-state index in [1.54, 1.807) is 23.1 Å². The van der Waals surface area contributed by atoms with Gasteiger partial charge in [0.15, 0.2) is 0 Å². The van der Waals surface area contributed by atoms with Crippen molar-refractivity contribution >= 4 is 11.9 Å². The number of morpholine rings is 1. The van der Waals surface area contributed by atoms with E-state index in [-0.39, 0.29) is 31.0 Å². The molecule has 1 aliphatic heterocycles. The molecule has 0 aliphatic carbocycles. The second-order valence-corrected chi connectivity index (χ2v) is 4.74. The summed E-state index contributed by atoms with van der Waals surface area (Å²) in [5.41, 5.74) is 0.568. The number of carbonyl (C=O) groups excluding carboxylic acids is 1. The Morgan fingerprint density at radius 1 is 1.35 bits per heavy atom. The lowest BCUT2D eigenvalue weighted by Crippen LogP contribution is -2.46. The Balaban J connectivity index is 1.95. The maximum absolute atomic E-state index is 12.2. The van der Waals surface area contributed by atoms with E-state index in [0.717, 1.165) is 0 Å². The molecule has 20 heavy (non-hydrogen) atoms. The molecular weight excluding hydrogens is 262 g/mol. The third-order valence-electron chi connectivity index (χ3n) is 3.23. The van der Waals surface area contributed by atoms with Gasteiger partial charge in [-0.05, 0) is 6.07 Å². The molecule has 1 heterocycles. The number of carbonyl (C=O) groups is 2. The lowest BCUT2D eigenvalue weighted by atomic mass is 10.1. The molecule has 1 saturated heterocycles. The molecule has 1 aliphatic rings. The molecule has 6 heteroatoms. The number of amides is 1. The molecule has 1 amide bonds. The van der Waals surface area contributed by atoms with Crippen LogP contribution in [-0.2, 0) is 20.7 Å². The van der Waals surface area contributed by atoms with Gasteiger partial charge in [0.05, 0.1) is 25.6 Å². The van der Waals surface area contributed by atoms with Crippen molar-refractivity contribution in [2.24, 2.45) is 0 Å². The second kappa shape index (κ2) is 6.38. The number of nitrogens with zero attached hydrogens (tertiary/aromatic N) is 1. The van der Waals surface area contributed by atoms with E-state index < -0.39 is 12.1 Å². The SMILES string of the molecule is O=C(O)CC1CN(C(=O)Cc2ccccc2O)CCO1. The quantitative estimate of drug-likeness (QED) is 0.844. The molecule has 108 valence electrons. The maximum Gasteiger partial charge on any atom is 0.306 e. The van der Waals surface area contributed by atoms with Crippen molar-refractivity contribution in [2.45, 2.75) is 18.9 Å². The first-order valence-electron chi connectivity index (χ1n) is 6.44. The molecule has 6 nitrogen and oxygen atoms in total. The van der Waals surface area contributed by atoms with E-state index in [2.05, 4.69) is 0 Å². The highest BCUT2D eigenvalue weighted by molar-refractivity contribution is 5.79. The Hall–Kier alpha value is -2.08. The number of aromatic hydroxyl groups is 1. The minimum absolute atomic E-state index is 0.0937. The van der Waals surface area contributed by atoms with Gasteiger partial charge < -0.3 is 19.8 Å². The fraction of sp³-hybridized carbons (Fsp3) is 0.429. The van der Waals surface area contributed by atoms with Crippen LogP contribution in [0.1, 0.15) is 12.0 Å². The topological polar surface area (TPSA) is 87.1 Å². The molecule has 1 fully saturated rings. The van der Waals surface area contributed by atoms with Gasteiger partial charge in [-0.15, -0.1) is 0 Å². The van der Waals surface area contributed by atoms with Gasteiger partial charge in [-0.3, -0.25) is 9.59 Å². The maximum atomic E-state index is 12.2. The molecule has 2 rings (SSSR count). The third kappa shape index (κ3) is 3.71. The molecule has 1 aromatic carbocycles. The number of carboxylic acids is 1. The predicted octanol–water partition coefficient (Wildman–Crippen LogP) is 0.637.